The van der Waals surface area contributed by atoms with Crippen molar-refractivity contribution < 1.29 is 4.74 Å². The van der Waals surface area contributed by atoms with Gasteiger partial charge in [-0.1, -0.05) is 36.5 Å². The molecule has 3 aliphatic rings. The normalized spacial score (nSPS) is 33.6. The van der Waals surface area contributed by atoms with E-state index in [1.807, 2.05) is 0 Å². The summed E-state index contributed by atoms with van der Waals surface area (Å²) in [6.07, 6.45) is 18.5. The average molecular weight is 200 g/mol. The second kappa shape index (κ2) is 3.82. The Morgan fingerprint density at radius 1 is 0.867 bits per heavy atom. The van der Waals surface area contributed by atoms with Gasteiger partial charge in [0.15, 0.2) is 0 Å². The quantitative estimate of drug-likeness (QED) is 0.664. The van der Waals surface area contributed by atoms with E-state index in [0.717, 1.165) is 12.8 Å². The molecule has 1 fully saturated rings. The minimum atomic E-state index is 0.381. The van der Waals surface area contributed by atoms with Gasteiger partial charge in [-0.15, -0.1) is 0 Å². The molecule has 1 heteroatoms. The Morgan fingerprint density at radius 3 is 1.80 bits per heavy atom. The summed E-state index contributed by atoms with van der Waals surface area (Å²) in [6.45, 7) is 0. The molecule has 2 unspecified atom stereocenters. The van der Waals surface area contributed by atoms with E-state index in [1.165, 1.54) is 24.0 Å². The lowest BCUT2D eigenvalue weighted by Gasteiger charge is -2.15. The van der Waals surface area contributed by atoms with Crippen LogP contribution in [0, 0.1) is 0 Å². The summed E-state index contributed by atoms with van der Waals surface area (Å²) in [5.41, 5.74) is 2.92. The monoisotopic (exact) mass is 200 g/mol. The van der Waals surface area contributed by atoms with Crippen molar-refractivity contribution in [3.63, 3.8) is 0 Å². The summed E-state index contributed by atoms with van der Waals surface area (Å²) in [5, 5.41) is 0. The van der Waals surface area contributed by atoms with Crippen molar-refractivity contribution in [1.29, 1.82) is 0 Å². The summed E-state index contributed by atoms with van der Waals surface area (Å²) < 4.78 is 6.11. The maximum atomic E-state index is 6.11. The molecule has 2 aliphatic carbocycles. The van der Waals surface area contributed by atoms with Crippen molar-refractivity contribution in [2.45, 2.75) is 37.9 Å². The fourth-order valence-corrected chi connectivity index (χ4v) is 2.59. The Bertz CT molecular complexity index is 335. The topological polar surface area (TPSA) is 9.23 Å². The van der Waals surface area contributed by atoms with Gasteiger partial charge in [-0.3, -0.25) is 0 Å². The van der Waals surface area contributed by atoms with Gasteiger partial charge in [0.2, 0.25) is 0 Å². The highest BCUT2D eigenvalue weighted by Crippen LogP contribution is 2.34. The minimum absolute atomic E-state index is 0.381. The van der Waals surface area contributed by atoms with Gasteiger partial charge >= 0.3 is 0 Å². The van der Waals surface area contributed by atoms with Gasteiger partial charge in [-0.2, -0.15) is 0 Å². The minimum Gasteiger partial charge on any atom is -0.366 e. The van der Waals surface area contributed by atoms with E-state index in [0.29, 0.717) is 12.2 Å². The number of rotatable bonds is 2. The van der Waals surface area contributed by atoms with Crippen LogP contribution in [0.3, 0.4) is 0 Å². The first-order chi connectivity index (χ1) is 7.43. The van der Waals surface area contributed by atoms with Crippen molar-refractivity contribution >= 4 is 0 Å². The first-order valence-corrected chi connectivity index (χ1v) is 5.80. The second-order valence-electron chi connectivity index (χ2n) is 4.44. The summed E-state index contributed by atoms with van der Waals surface area (Å²) in [4.78, 5) is 0. The number of ether oxygens (including phenoxy) is 1. The molecule has 0 aromatic heterocycles. The summed E-state index contributed by atoms with van der Waals surface area (Å²) in [5.74, 6) is 0. The molecule has 0 radical (unpaired) electrons. The van der Waals surface area contributed by atoms with Crippen LogP contribution in [0.15, 0.2) is 47.6 Å². The molecule has 15 heavy (non-hydrogen) atoms. The zero-order chi connectivity index (χ0) is 10.1. The van der Waals surface area contributed by atoms with Crippen molar-refractivity contribution in [3.05, 3.63) is 47.6 Å². The van der Waals surface area contributed by atoms with Crippen LogP contribution in [0.2, 0.25) is 0 Å². The molecule has 0 amide bonds. The molecule has 0 aromatic rings. The molecule has 3 rings (SSSR count). The smallest absolute Gasteiger partial charge is 0.0800 e. The molecule has 0 saturated carbocycles. The van der Waals surface area contributed by atoms with Crippen LogP contribution >= 0.6 is 0 Å². The second-order valence-corrected chi connectivity index (χ2v) is 4.44. The van der Waals surface area contributed by atoms with E-state index in [4.69, 9.17) is 4.74 Å². The number of allylic oxidation sites excluding steroid dienone is 6. The maximum Gasteiger partial charge on any atom is 0.0800 e. The van der Waals surface area contributed by atoms with Crippen LogP contribution in [0.5, 0.6) is 0 Å². The fourth-order valence-electron chi connectivity index (χ4n) is 2.59. The highest BCUT2D eigenvalue weighted by molar-refractivity contribution is 5.30. The molecule has 0 aromatic carbocycles. The lowest BCUT2D eigenvalue weighted by molar-refractivity contribution is 0.0850. The van der Waals surface area contributed by atoms with Gasteiger partial charge in [0.25, 0.3) is 0 Å². The third-order valence-corrected chi connectivity index (χ3v) is 3.45. The molecule has 0 spiro atoms. The van der Waals surface area contributed by atoms with Gasteiger partial charge in [-0.25, -0.2) is 0 Å². The molecule has 1 nitrogen and oxygen atoms in total. The third-order valence-electron chi connectivity index (χ3n) is 3.45. The summed E-state index contributed by atoms with van der Waals surface area (Å²) >= 11 is 0. The van der Waals surface area contributed by atoms with Crippen molar-refractivity contribution in [1.82, 2.24) is 0 Å². The highest BCUT2D eigenvalue weighted by atomic mass is 16.5. The average Bonchev–Trinajstić information content (AvgIpc) is 3.02. The van der Waals surface area contributed by atoms with Crippen molar-refractivity contribution in [2.75, 3.05) is 0 Å². The molecule has 0 bridgehead atoms. The lowest BCUT2D eigenvalue weighted by Crippen LogP contribution is -2.13. The molecule has 0 N–H and O–H groups in total. The van der Waals surface area contributed by atoms with Crippen LogP contribution in [0.25, 0.3) is 0 Å². The Kier molecular flexibility index (Phi) is 2.34. The summed E-state index contributed by atoms with van der Waals surface area (Å²) in [7, 11) is 0. The Morgan fingerprint density at radius 2 is 1.40 bits per heavy atom. The summed E-state index contributed by atoms with van der Waals surface area (Å²) in [6, 6.07) is 0. The lowest BCUT2D eigenvalue weighted by atomic mass is 10.0. The van der Waals surface area contributed by atoms with E-state index >= 15 is 0 Å². The van der Waals surface area contributed by atoms with Gasteiger partial charge in [0.05, 0.1) is 12.2 Å². The molecule has 1 heterocycles. The molecule has 1 saturated heterocycles. The zero-order valence-electron chi connectivity index (χ0n) is 8.86. The number of hydrogen-bond donors (Lipinski definition) is 0. The zero-order valence-corrected chi connectivity index (χ0v) is 8.86. The molecule has 1 aliphatic heterocycles. The van der Waals surface area contributed by atoms with Crippen molar-refractivity contribution in [2.24, 2.45) is 0 Å². The van der Waals surface area contributed by atoms with Gasteiger partial charge in [-0.05, 0) is 36.8 Å². The Hall–Kier alpha value is -1.08. The Balaban J connectivity index is 1.63. The predicted octanol–water partition coefficient (Wildman–Crippen LogP) is 3.31. The SMILES string of the molecule is C1=CCC(C2CCC(C3=CC=CC3)O2)=C1. The first-order valence-electron chi connectivity index (χ1n) is 5.80. The van der Waals surface area contributed by atoms with Gasteiger partial charge in [0, 0.05) is 0 Å². The number of hydrogen-bond acceptors (Lipinski definition) is 1. The van der Waals surface area contributed by atoms with Crippen LogP contribution in [0.1, 0.15) is 25.7 Å². The van der Waals surface area contributed by atoms with Crippen molar-refractivity contribution in [3.8, 4) is 0 Å². The highest BCUT2D eigenvalue weighted by Gasteiger charge is 2.30. The van der Waals surface area contributed by atoms with E-state index in [9.17, 15) is 0 Å². The van der Waals surface area contributed by atoms with Crippen LogP contribution < -0.4 is 0 Å². The van der Waals surface area contributed by atoms with Crippen LogP contribution in [0.4, 0.5) is 0 Å². The third kappa shape index (κ3) is 1.72. The largest absolute Gasteiger partial charge is 0.366 e. The van der Waals surface area contributed by atoms with E-state index < -0.39 is 0 Å². The standard InChI is InChI=1S/C14H16O/c1-2-6-11(5-1)13-9-10-14(15-13)12-7-3-4-8-12/h1-5,7,13-14H,6,8-10H2. The molecule has 78 valence electrons. The van der Waals surface area contributed by atoms with Crippen LogP contribution in [-0.2, 0) is 4.74 Å². The van der Waals surface area contributed by atoms with Crippen LogP contribution in [-0.4, -0.2) is 12.2 Å². The van der Waals surface area contributed by atoms with E-state index in [1.54, 1.807) is 0 Å². The first kappa shape index (κ1) is 9.17. The van der Waals surface area contributed by atoms with Gasteiger partial charge < -0.3 is 4.74 Å². The van der Waals surface area contributed by atoms with E-state index in [-0.39, 0.29) is 0 Å². The molecule has 2 atom stereocenters. The van der Waals surface area contributed by atoms with Gasteiger partial charge in [0.1, 0.15) is 0 Å². The molecular formula is C14H16O. The Labute approximate surface area is 90.8 Å². The predicted molar refractivity (Wildman–Crippen MR) is 61.6 cm³/mol. The molecular weight excluding hydrogens is 184 g/mol. The van der Waals surface area contributed by atoms with E-state index in [2.05, 4.69) is 36.5 Å². The fraction of sp³-hybridized carbons (Fsp3) is 0.429. The maximum absolute atomic E-state index is 6.11.